The molecule has 2 N–H and O–H groups in total. The Balaban J connectivity index is 2.46. The topological polar surface area (TPSA) is 35.2 Å². The van der Waals surface area contributed by atoms with Crippen LogP contribution in [0, 0.1) is 0 Å². The van der Waals surface area contributed by atoms with Gasteiger partial charge in [0.15, 0.2) is 0 Å². The van der Waals surface area contributed by atoms with Crippen molar-refractivity contribution >= 4 is 0 Å². The first-order chi connectivity index (χ1) is 8.35. The van der Waals surface area contributed by atoms with E-state index in [1.807, 2.05) is 24.3 Å². The molecule has 0 aliphatic carbocycles. The minimum absolute atomic E-state index is 0.667. The highest BCUT2D eigenvalue weighted by Gasteiger charge is 2.06. The predicted octanol–water partition coefficient (Wildman–Crippen LogP) is 2.86. The lowest BCUT2D eigenvalue weighted by molar-refractivity contribution is 0.416. The Morgan fingerprint density at radius 1 is 1.06 bits per heavy atom. The molecule has 0 heterocycles. The first kappa shape index (κ1) is 11.7. The van der Waals surface area contributed by atoms with Gasteiger partial charge >= 0.3 is 0 Å². The summed E-state index contributed by atoms with van der Waals surface area (Å²) in [6.45, 7) is 0.667. The van der Waals surface area contributed by atoms with Crippen LogP contribution in [0.25, 0.3) is 11.1 Å². The van der Waals surface area contributed by atoms with E-state index in [1.54, 1.807) is 7.11 Å². The monoisotopic (exact) mass is 227 g/mol. The Kier molecular flexibility index (Phi) is 3.78. The number of ether oxygens (including phenoxy) is 1. The summed E-state index contributed by atoms with van der Waals surface area (Å²) >= 11 is 0. The molecule has 0 aliphatic heterocycles. The molecule has 2 nitrogen and oxygen atoms in total. The molecule has 17 heavy (non-hydrogen) atoms. The molecule has 0 atom stereocenters. The van der Waals surface area contributed by atoms with Gasteiger partial charge < -0.3 is 10.5 Å². The van der Waals surface area contributed by atoms with Gasteiger partial charge in [-0.3, -0.25) is 0 Å². The van der Waals surface area contributed by atoms with Crippen molar-refractivity contribution < 1.29 is 4.74 Å². The second kappa shape index (κ2) is 5.51. The quantitative estimate of drug-likeness (QED) is 0.871. The van der Waals surface area contributed by atoms with Crippen molar-refractivity contribution in [3.8, 4) is 16.9 Å². The number of methoxy groups -OCH3 is 1. The van der Waals surface area contributed by atoms with Crippen LogP contribution in [0.15, 0.2) is 48.5 Å². The van der Waals surface area contributed by atoms with Crippen LogP contribution in [0.5, 0.6) is 5.75 Å². The van der Waals surface area contributed by atoms with Crippen molar-refractivity contribution in [2.24, 2.45) is 5.73 Å². The van der Waals surface area contributed by atoms with E-state index in [2.05, 4.69) is 24.3 Å². The third-order valence-electron chi connectivity index (χ3n) is 2.78. The van der Waals surface area contributed by atoms with Crippen molar-refractivity contribution in [2.75, 3.05) is 13.7 Å². The van der Waals surface area contributed by atoms with E-state index >= 15 is 0 Å². The number of benzene rings is 2. The Bertz CT molecular complexity index is 480. The molecule has 2 rings (SSSR count). The Morgan fingerprint density at radius 2 is 1.82 bits per heavy atom. The van der Waals surface area contributed by atoms with Gasteiger partial charge in [0, 0.05) is 5.56 Å². The highest BCUT2D eigenvalue weighted by Crippen LogP contribution is 2.30. The average Bonchev–Trinajstić information content (AvgIpc) is 2.40. The van der Waals surface area contributed by atoms with E-state index in [0.717, 1.165) is 17.7 Å². The molecular formula is C15H17NO. The smallest absolute Gasteiger partial charge is 0.126 e. The number of rotatable bonds is 4. The van der Waals surface area contributed by atoms with Crippen LogP contribution in [-0.4, -0.2) is 13.7 Å². The molecule has 0 fully saturated rings. The fourth-order valence-corrected chi connectivity index (χ4v) is 1.92. The first-order valence-corrected chi connectivity index (χ1v) is 5.77. The number of hydrogen-bond donors (Lipinski definition) is 1. The van der Waals surface area contributed by atoms with Crippen LogP contribution < -0.4 is 10.5 Å². The molecule has 0 radical (unpaired) electrons. The fraction of sp³-hybridized carbons (Fsp3) is 0.200. The summed E-state index contributed by atoms with van der Waals surface area (Å²) in [6.07, 6.45) is 0.893. The van der Waals surface area contributed by atoms with Gasteiger partial charge in [-0.05, 0) is 36.2 Å². The first-order valence-electron chi connectivity index (χ1n) is 5.77. The standard InChI is InChI=1S/C15H17NO/c1-17-15-8-7-12(9-10-16)11-14(15)13-5-3-2-4-6-13/h2-8,11H,9-10,16H2,1H3. The van der Waals surface area contributed by atoms with Crippen molar-refractivity contribution in [1.29, 1.82) is 0 Å². The predicted molar refractivity (Wildman–Crippen MR) is 71.2 cm³/mol. The van der Waals surface area contributed by atoms with Crippen LogP contribution in [0.4, 0.5) is 0 Å². The zero-order chi connectivity index (χ0) is 12.1. The van der Waals surface area contributed by atoms with Crippen molar-refractivity contribution in [1.82, 2.24) is 0 Å². The SMILES string of the molecule is COc1ccc(CCN)cc1-c1ccccc1. The van der Waals surface area contributed by atoms with Crippen LogP contribution in [-0.2, 0) is 6.42 Å². The number of hydrogen-bond acceptors (Lipinski definition) is 2. The number of nitrogens with two attached hydrogens (primary N) is 1. The zero-order valence-electron chi connectivity index (χ0n) is 10.0. The highest BCUT2D eigenvalue weighted by atomic mass is 16.5. The van der Waals surface area contributed by atoms with Crippen molar-refractivity contribution in [3.63, 3.8) is 0 Å². The van der Waals surface area contributed by atoms with E-state index in [-0.39, 0.29) is 0 Å². The lowest BCUT2D eigenvalue weighted by Gasteiger charge is -2.10. The van der Waals surface area contributed by atoms with Gasteiger partial charge in [-0.25, -0.2) is 0 Å². The van der Waals surface area contributed by atoms with Crippen molar-refractivity contribution in [3.05, 3.63) is 54.1 Å². The third-order valence-corrected chi connectivity index (χ3v) is 2.78. The van der Waals surface area contributed by atoms with Gasteiger partial charge in [0.05, 0.1) is 7.11 Å². The molecule has 88 valence electrons. The van der Waals surface area contributed by atoms with Gasteiger partial charge in [-0.1, -0.05) is 36.4 Å². The third kappa shape index (κ3) is 2.66. The lowest BCUT2D eigenvalue weighted by atomic mass is 10.0. The minimum atomic E-state index is 0.667. The van der Waals surface area contributed by atoms with Gasteiger partial charge in [0.2, 0.25) is 0 Å². The molecule has 0 spiro atoms. The summed E-state index contributed by atoms with van der Waals surface area (Å²) < 4.78 is 5.40. The summed E-state index contributed by atoms with van der Waals surface area (Å²) in [6, 6.07) is 16.5. The second-order valence-corrected chi connectivity index (χ2v) is 3.94. The molecule has 0 unspecified atom stereocenters. The van der Waals surface area contributed by atoms with Crippen LogP contribution in [0.2, 0.25) is 0 Å². The maximum absolute atomic E-state index is 5.59. The molecular weight excluding hydrogens is 210 g/mol. The maximum atomic E-state index is 5.59. The van der Waals surface area contributed by atoms with Gasteiger partial charge in [0.25, 0.3) is 0 Å². The highest BCUT2D eigenvalue weighted by molar-refractivity contribution is 5.71. The summed E-state index contributed by atoms with van der Waals surface area (Å²) in [7, 11) is 1.70. The lowest BCUT2D eigenvalue weighted by Crippen LogP contribution is -2.03. The normalized spacial score (nSPS) is 10.2. The van der Waals surface area contributed by atoms with E-state index in [4.69, 9.17) is 10.5 Å². The van der Waals surface area contributed by atoms with Crippen molar-refractivity contribution in [2.45, 2.75) is 6.42 Å². The molecule has 0 saturated heterocycles. The fourth-order valence-electron chi connectivity index (χ4n) is 1.92. The molecule has 0 amide bonds. The molecule has 2 aromatic carbocycles. The average molecular weight is 227 g/mol. The van der Waals surface area contributed by atoms with Crippen LogP contribution in [0.1, 0.15) is 5.56 Å². The molecule has 0 aromatic heterocycles. The Morgan fingerprint density at radius 3 is 2.47 bits per heavy atom. The van der Waals surface area contributed by atoms with Gasteiger partial charge in [-0.15, -0.1) is 0 Å². The summed E-state index contributed by atoms with van der Waals surface area (Å²) in [5.41, 5.74) is 9.13. The van der Waals surface area contributed by atoms with Crippen LogP contribution in [0.3, 0.4) is 0 Å². The summed E-state index contributed by atoms with van der Waals surface area (Å²) in [4.78, 5) is 0. The molecule has 0 saturated carbocycles. The van der Waals surface area contributed by atoms with E-state index < -0.39 is 0 Å². The summed E-state index contributed by atoms with van der Waals surface area (Å²) in [5, 5.41) is 0. The molecule has 2 aromatic rings. The maximum Gasteiger partial charge on any atom is 0.126 e. The van der Waals surface area contributed by atoms with Gasteiger partial charge in [0.1, 0.15) is 5.75 Å². The Labute approximate surface area is 102 Å². The second-order valence-electron chi connectivity index (χ2n) is 3.94. The molecule has 0 bridgehead atoms. The minimum Gasteiger partial charge on any atom is -0.496 e. The van der Waals surface area contributed by atoms with E-state index in [0.29, 0.717) is 6.54 Å². The van der Waals surface area contributed by atoms with E-state index in [1.165, 1.54) is 11.1 Å². The summed E-state index contributed by atoms with van der Waals surface area (Å²) in [5.74, 6) is 0.900. The van der Waals surface area contributed by atoms with E-state index in [9.17, 15) is 0 Å². The Hall–Kier alpha value is -1.80. The van der Waals surface area contributed by atoms with Gasteiger partial charge in [-0.2, -0.15) is 0 Å². The zero-order valence-corrected chi connectivity index (χ0v) is 10.0. The molecule has 2 heteroatoms. The van der Waals surface area contributed by atoms with Crippen LogP contribution >= 0.6 is 0 Å². The largest absolute Gasteiger partial charge is 0.496 e. The molecule has 0 aliphatic rings.